The maximum Gasteiger partial charge on any atom is 0.267 e. The Kier molecular flexibility index (Phi) is 7.54. The molecule has 10 heteroatoms. The zero-order valence-corrected chi connectivity index (χ0v) is 19.9. The smallest absolute Gasteiger partial charge is 0.267 e. The summed E-state index contributed by atoms with van der Waals surface area (Å²) in [6, 6.07) is 20.8. The number of aromatic nitrogens is 4. The normalized spacial score (nSPS) is 10.6. The van der Waals surface area contributed by atoms with Crippen LogP contribution < -0.4 is 25.9 Å². The van der Waals surface area contributed by atoms with Crippen molar-refractivity contribution in [1.29, 1.82) is 0 Å². The summed E-state index contributed by atoms with van der Waals surface area (Å²) in [5, 5.41) is 11.4. The molecule has 0 atom stereocenters. The van der Waals surface area contributed by atoms with E-state index < -0.39 is 11.5 Å². The van der Waals surface area contributed by atoms with E-state index in [0.29, 0.717) is 28.5 Å². The van der Waals surface area contributed by atoms with Gasteiger partial charge in [-0.05, 0) is 30.3 Å². The fourth-order valence-corrected chi connectivity index (χ4v) is 3.58. The molecule has 10 nitrogen and oxygen atoms in total. The predicted molar refractivity (Wildman–Crippen MR) is 134 cm³/mol. The molecule has 4 rings (SSSR count). The highest BCUT2D eigenvalue weighted by atomic mass is 16.5. The standard InChI is InChI=1S/C26H25N5O5/c1-35-22-11-8-19(16-23(22)36-2)21-10-13-26(34)31(29-21)17-24(32)27-14-15-30-25(33)12-9-20(28-30)18-6-4-3-5-7-18/h3-13,16H,14-15,17H2,1-2H3,(H,27,32). The van der Waals surface area contributed by atoms with Crippen LogP contribution in [0.5, 0.6) is 11.5 Å². The first-order chi connectivity index (χ1) is 17.5. The molecule has 2 aromatic heterocycles. The minimum Gasteiger partial charge on any atom is -0.493 e. The number of amides is 1. The van der Waals surface area contributed by atoms with E-state index in [1.807, 2.05) is 30.3 Å². The number of nitrogens with one attached hydrogen (secondary N) is 1. The molecule has 0 aliphatic heterocycles. The van der Waals surface area contributed by atoms with Crippen LogP contribution in [0.4, 0.5) is 0 Å². The summed E-state index contributed by atoms with van der Waals surface area (Å²) in [6.07, 6.45) is 0. The van der Waals surface area contributed by atoms with E-state index in [1.165, 1.54) is 23.9 Å². The van der Waals surface area contributed by atoms with Crippen molar-refractivity contribution in [3.05, 3.63) is 93.5 Å². The molecule has 0 unspecified atom stereocenters. The van der Waals surface area contributed by atoms with Crippen molar-refractivity contribution in [1.82, 2.24) is 24.9 Å². The van der Waals surface area contributed by atoms with Crippen LogP contribution in [-0.4, -0.2) is 46.2 Å². The molecule has 1 N–H and O–H groups in total. The molecular formula is C26H25N5O5. The zero-order chi connectivity index (χ0) is 25.5. The van der Waals surface area contributed by atoms with Gasteiger partial charge in [0.2, 0.25) is 5.91 Å². The number of methoxy groups -OCH3 is 2. The van der Waals surface area contributed by atoms with Crippen molar-refractivity contribution in [2.24, 2.45) is 0 Å². The Hall–Kier alpha value is -4.73. The van der Waals surface area contributed by atoms with E-state index in [2.05, 4.69) is 15.5 Å². The van der Waals surface area contributed by atoms with Gasteiger partial charge in [0, 0.05) is 29.8 Å². The lowest BCUT2D eigenvalue weighted by atomic mass is 10.1. The third kappa shape index (κ3) is 5.66. The number of benzene rings is 2. The summed E-state index contributed by atoms with van der Waals surface area (Å²) in [5.74, 6) is 0.672. The number of nitrogens with zero attached hydrogens (tertiary/aromatic N) is 4. The van der Waals surface area contributed by atoms with Gasteiger partial charge in [-0.2, -0.15) is 10.2 Å². The van der Waals surface area contributed by atoms with Crippen LogP contribution in [0.2, 0.25) is 0 Å². The Morgan fingerprint density at radius 1 is 0.778 bits per heavy atom. The Morgan fingerprint density at radius 3 is 2.11 bits per heavy atom. The Bertz CT molecular complexity index is 1480. The van der Waals surface area contributed by atoms with E-state index in [0.717, 1.165) is 10.2 Å². The molecule has 4 aromatic rings. The maximum absolute atomic E-state index is 12.5. The minimum absolute atomic E-state index is 0.161. The van der Waals surface area contributed by atoms with Gasteiger partial charge in [0.1, 0.15) is 6.54 Å². The molecule has 0 saturated heterocycles. The SMILES string of the molecule is COc1ccc(-c2ccc(=O)n(CC(=O)NCCn3nc(-c4ccccc4)ccc3=O)n2)cc1OC. The highest BCUT2D eigenvalue weighted by molar-refractivity contribution is 5.75. The third-order valence-corrected chi connectivity index (χ3v) is 5.42. The van der Waals surface area contributed by atoms with E-state index >= 15 is 0 Å². The van der Waals surface area contributed by atoms with Gasteiger partial charge in [0.25, 0.3) is 11.1 Å². The molecule has 0 bridgehead atoms. The van der Waals surface area contributed by atoms with Crippen molar-refractivity contribution < 1.29 is 14.3 Å². The average molecular weight is 488 g/mol. The first-order valence-electron chi connectivity index (χ1n) is 11.2. The zero-order valence-electron chi connectivity index (χ0n) is 19.9. The lowest BCUT2D eigenvalue weighted by Crippen LogP contribution is -2.36. The van der Waals surface area contributed by atoms with Gasteiger partial charge in [0.05, 0.1) is 32.2 Å². The monoisotopic (exact) mass is 487 g/mol. The molecular weight excluding hydrogens is 462 g/mol. The van der Waals surface area contributed by atoms with Gasteiger partial charge in [0.15, 0.2) is 11.5 Å². The molecule has 0 fully saturated rings. The number of ether oxygens (including phenoxy) is 2. The molecule has 1 amide bonds. The first kappa shape index (κ1) is 24.4. The lowest BCUT2D eigenvalue weighted by Gasteiger charge is -2.11. The highest BCUT2D eigenvalue weighted by Crippen LogP contribution is 2.31. The van der Waals surface area contributed by atoms with Gasteiger partial charge in [-0.3, -0.25) is 14.4 Å². The highest BCUT2D eigenvalue weighted by Gasteiger charge is 2.11. The van der Waals surface area contributed by atoms with E-state index in [9.17, 15) is 14.4 Å². The van der Waals surface area contributed by atoms with Crippen LogP contribution in [0.3, 0.4) is 0 Å². The number of rotatable bonds is 9. The van der Waals surface area contributed by atoms with Gasteiger partial charge in [-0.1, -0.05) is 30.3 Å². The van der Waals surface area contributed by atoms with Crippen LogP contribution in [0.1, 0.15) is 0 Å². The topological polar surface area (TPSA) is 117 Å². The lowest BCUT2D eigenvalue weighted by molar-refractivity contribution is -0.121. The fourth-order valence-electron chi connectivity index (χ4n) is 3.58. The second-order valence-electron chi connectivity index (χ2n) is 7.78. The van der Waals surface area contributed by atoms with Crippen molar-refractivity contribution in [3.8, 4) is 34.0 Å². The van der Waals surface area contributed by atoms with Gasteiger partial charge >= 0.3 is 0 Å². The minimum atomic E-state index is -0.415. The van der Waals surface area contributed by atoms with Crippen LogP contribution >= 0.6 is 0 Å². The quantitative estimate of drug-likeness (QED) is 0.384. The molecule has 2 heterocycles. The summed E-state index contributed by atoms with van der Waals surface area (Å²) in [5.41, 5.74) is 2.05. The molecule has 2 aromatic carbocycles. The Morgan fingerprint density at radius 2 is 1.42 bits per heavy atom. The molecule has 0 aliphatic rings. The molecule has 0 aliphatic carbocycles. The molecule has 184 valence electrons. The van der Waals surface area contributed by atoms with Crippen LogP contribution in [0.25, 0.3) is 22.5 Å². The van der Waals surface area contributed by atoms with Gasteiger partial charge in [-0.15, -0.1) is 0 Å². The molecule has 0 radical (unpaired) electrons. The average Bonchev–Trinajstić information content (AvgIpc) is 2.91. The van der Waals surface area contributed by atoms with Crippen LogP contribution in [0, 0.1) is 0 Å². The number of hydrogen-bond acceptors (Lipinski definition) is 7. The predicted octanol–water partition coefficient (Wildman–Crippen LogP) is 1.97. The van der Waals surface area contributed by atoms with Gasteiger partial charge < -0.3 is 14.8 Å². The number of carbonyl (C=O) groups is 1. The van der Waals surface area contributed by atoms with Crippen LogP contribution in [0.15, 0.2) is 82.4 Å². The molecule has 0 saturated carbocycles. The second kappa shape index (κ2) is 11.1. The van der Waals surface area contributed by atoms with E-state index in [1.54, 1.807) is 37.4 Å². The number of carbonyl (C=O) groups excluding carboxylic acids is 1. The summed E-state index contributed by atoms with van der Waals surface area (Å²) < 4.78 is 13.0. The third-order valence-electron chi connectivity index (χ3n) is 5.42. The summed E-state index contributed by atoms with van der Waals surface area (Å²) in [4.78, 5) is 37.0. The van der Waals surface area contributed by atoms with Crippen LogP contribution in [-0.2, 0) is 17.9 Å². The second-order valence-corrected chi connectivity index (χ2v) is 7.78. The molecule has 0 spiro atoms. The number of hydrogen-bond donors (Lipinski definition) is 1. The van der Waals surface area contributed by atoms with E-state index in [-0.39, 0.29) is 25.2 Å². The Balaban J connectivity index is 1.41. The van der Waals surface area contributed by atoms with Crippen molar-refractivity contribution in [3.63, 3.8) is 0 Å². The first-order valence-corrected chi connectivity index (χ1v) is 11.2. The largest absolute Gasteiger partial charge is 0.493 e. The van der Waals surface area contributed by atoms with Crippen molar-refractivity contribution in [2.45, 2.75) is 13.1 Å². The fraction of sp³-hybridized carbons (Fsp3) is 0.192. The maximum atomic E-state index is 12.5. The Labute approximate surface area is 206 Å². The summed E-state index contributed by atoms with van der Waals surface area (Å²) in [6.45, 7) is 0.0692. The van der Waals surface area contributed by atoms with Gasteiger partial charge in [-0.25, -0.2) is 9.36 Å². The summed E-state index contributed by atoms with van der Waals surface area (Å²) >= 11 is 0. The van der Waals surface area contributed by atoms with E-state index in [4.69, 9.17) is 9.47 Å². The summed E-state index contributed by atoms with van der Waals surface area (Å²) in [7, 11) is 3.07. The van der Waals surface area contributed by atoms with Crippen molar-refractivity contribution >= 4 is 5.91 Å². The van der Waals surface area contributed by atoms with Crippen molar-refractivity contribution in [2.75, 3.05) is 20.8 Å². The molecule has 36 heavy (non-hydrogen) atoms.